The van der Waals surface area contributed by atoms with Crippen LogP contribution in [0.5, 0.6) is 0 Å². The molecule has 0 saturated heterocycles. The molecule has 0 atom stereocenters. The Balaban J connectivity index is 1.90. The molecule has 0 aromatic carbocycles. The van der Waals surface area contributed by atoms with Gasteiger partial charge >= 0.3 is 12.0 Å². The summed E-state index contributed by atoms with van der Waals surface area (Å²) in [5.74, 6) is -1.11. The number of carboxylic acids is 1. The monoisotopic (exact) mass is 286 g/mol. The molecular weight excluding hydrogens is 272 g/mol. The fraction of sp³-hybridized carbons (Fsp3) is 0.143. The van der Waals surface area contributed by atoms with E-state index in [0.29, 0.717) is 12.2 Å². The molecule has 3 N–H and O–H groups in total. The number of anilines is 1. The molecule has 2 amide bonds. The zero-order valence-corrected chi connectivity index (χ0v) is 11.3. The molecule has 0 bridgehead atoms. The first-order chi connectivity index (χ1) is 10.1. The summed E-state index contributed by atoms with van der Waals surface area (Å²) >= 11 is 0. The summed E-state index contributed by atoms with van der Waals surface area (Å²) in [6.45, 7) is 2.29. The molecule has 0 aliphatic heterocycles. The van der Waals surface area contributed by atoms with E-state index in [9.17, 15) is 9.59 Å². The van der Waals surface area contributed by atoms with Crippen molar-refractivity contribution in [3.63, 3.8) is 0 Å². The molecule has 0 spiro atoms. The highest BCUT2D eigenvalue weighted by atomic mass is 16.4. The van der Waals surface area contributed by atoms with E-state index in [1.165, 1.54) is 18.3 Å². The molecule has 0 aliphatic rings. The van der Waals surface area contributed by atoms with Crippen LogP contribution < -0.4 is 10.6 Å². The second-order valence-electron chi connectivity index (χ2n) is 4.35. The minimum Gasteiger partial charge on any atom is -0.477 e. The number of carbonyl (C=O) groups is 2. The maximum Gasteiger partial charge on any atom is 0.354 e. The Kier molecular flexibility index (Phi) is 4.45. The van der Waals surface area contributed by atoms with Gasteiger partial charge in [-0.2, -0.15) is 0 Å². The van der Waals surface area contributed by atoms with Crippen molar-refractivity contribution in [1.29, 1.82) is 0 Å². The van der Waals surface area contributed by atoms with Crippen molar-refractivity contribution in [1.82, 2.24) is 15.3 Å². The Morgan fingerprint density at radius 3 is 2.67 bits per heavy atom. The number of carbonyl (C=O) groups excluding carboxylic acids is 1. The van der Waals surface area contributed by atoms with Crippen LogP contribution in [-0.4, -0.2) is 27.1 Å². The molecule has 0 radical (unpaired) electrons. The number of hydrogen-bond donors (Lipinski definition) is 3. The number of carboxylic acid groups (broad SMARTS) is 1. The number of aryl methyl sites for hydroxylation is 1. The Hall–Kier alpha value is -2.96. The molecule has 7 heteroatoms. The molecule has 0 aliphatic carbocycles. The van der Waals surface area contributed by atoms with E-state index < -0.39 is 12.0 Å². The van der Waals surface area contributed by atoms with Crippen molar-refractivity contribution < 1.29 is 14.7 Å². The van der Waals surface area contributed by atoms with Crippen LogP contribution in [0.4, 0.5) is 10.5 Å². The molecule has 2 aromatic rings. The van der Waals surface area contributed by atoms with E-state index in [1.54, 1.807) is 12.4 Å². The lowest BCUT2D eigenvalue weighted by molar-refractivity contribution is 0.0690. The molecule has 7 nitrogen and oxygen atoms in total. The topological polar surface area (TPSA) is 104 Å². The van der Waals surface area contributed by atoms with Crippen LogP contribution in [0.15, 0.2) is 36.8 Å². The van der Waals surface area contributed by atoms with E-state index in [4.69, 9.17) is 5.11 Å². The Labute approximate surface area is 121 Å². The third kappa shape index (κ3) is 4.00. The van der Waals surface area contributed by atoms with Crippen LogP contribution >= 0.6 is 0 Å². The highest BCUT2D eigenvalue weighted by Crippen LogP contribution is 2.07. The fourth-order valence-corrected chi connectivity index (χ4v) is 1.63. The van der Waals surface area contributed by atoms with Crippen molar-refractivity contribution >= 4 is 17.7 Å². The van der Waals surface area contributed by atoms with Gasteiger partial charge in [0.1, 0.15) is 5.69 Å². The molecule has 0 saturated carbocycles. The molecule has 2 aromatic heterocycles. The largest absolute Gasteiger partial charge is 0.477 e. The molecule has 108 valence electrons. The van der Waals surface area contributed by atoms with Crippen molar-refractivity contribution in [3.05, 3.63) is 53.6 Å². The lowest BCUT2D eigenvalue weighted by Gasteiger charge is -2.09. The van der Waals surface area contributed by atoms with Crippen LogP contribution in [0.3, 0.4) is 0 Å². The van der Waals surface area contributed by atoms with Gasteiger partial charge in [0.2, 0.25) is 0 Å². The van der Waals surface area contributed by atoms with E-state index in [-0.39, 0.29) is 5.69 Å². The fourth-order valence-electron chi connectivity index (χ4n) is 1.63. The minimum atomic E-state index is -1.11. The summed E-state index contributed by atoms with van der Waals surface area (Å²) in [6, 6.07) is 4.26. The lowest BCUT2D eigenvalue weighted by atomic mass is 10.2. The summed E-state index contributed by atoms with van der Waals surface area (Å²) in [5.41, 5.74) is 2.30. The quantitative estimate of drug-likeness (QED) is 0.795. The molecular formula is C14H14N4O3. The van der Waals surface area contributed by atoms with Crippen molar-refractivity contribution in [3.8, 4) is 0 Å². The Morgan fingerprint density at radius 1 is 1.24 bits per heavy atom. The number of aromatic carboxylic acids is 1. The summed E-state index contributed by atoms with van der Waals surface area (Å²) < 4.78 is 0. The van der Waals surface area contributed by atoms with Crippen molar-refractivity contribution in [2.75, 3.05) is 5.32 Å². The summed E-state index contributed by atoms with van der Waals surface area (Å²) in [5, 5.41) is 14.0. The highest BCUT2D eigenvalue weighted by molar-refractivity contribution is 5.90. The molecule has 2 rings (SSSR count). The van der Waals surface area contributed by atoms with Crippen LogP contribution in [0.2, 0.25) is 0 Å². The smallest absolute Gasteiger partial charge is 0.354 e. The van der Waals surface area contributed by atoms with Gasteiger partial charge < -0.3 is 15.7 Å². The summed E-state index contributed by atoms with van der Waals surface area (Å²) in [6.07, 6.45) is 4.67. The maximum atomic E-state index is 11.7. The zero-order chi connectivity index (χ0) is 15.2. The van der Waals surface area contributed by atoms with E-state index in [1.807, 2.05) is 13.0 Å². The van der Waals surface area contributed by atoms with E-state index >= 15 is 0 Å². The molecule has 21 heavy (non-hydrogen) atoms. The first kappa shape index (κ1) is 14.4. The van der Waals surface area contributed by atoms with Gasteiger partial charge in [-0.3, -0.25) is 4.98 Å². The van der Waals surface area contributed by atoms with Gasteiger partial charge in [-0.05, 0) is 36.2 Å². The highest BCUT2D eigenvalue weighted by Gasteiger charge is 2.06. The first-order valence-electron chi connectivity index (χ1n) is 6.20. The number of rotatable bonds is 4. The summed E-state index contributed by atoms with van der Waals surface area (Å²) in [7, 11) is 0. The van der Waals surface area contributed by atoms with Crippen LogP contribution in [0.25, 0.3) is 0 Å². The normalized spacial score (nSPS) is 9.95. The number of amides is 2. The second-order valence-corrected chi connectivity index (χ2v) is 4.35. The van der Waals surface area contributed by atoms with Gasteiger partial charge in [0.15, 0.2) is 0 Å². The zero-order valence-electron chi connectivity index (χ0n) is 11.3. The first-order valence-corrected chi connectivity index (χ1v) is 6.20. The molecule has 0 fully saturated rings. The Bertz CT molecular complexity index is 656. The average molecular weight is 286 g/mol. The van der Waals surface area contributed by atoms with Gasteiger partial charge in [0, 0.05) is 18.9 Å². The number of urea groups is 1. The molecule has 0 unspecified atom stereocenters. The van der Waals surface area contributed by atoms with Gasteiger partial charge in [0.05, 0.1) is 11.9 Å². The van der Waals surface area contributed by atoms with Crippen molar-refractivity contribution in [2.45, 2.75) is 13.5 Å². The van der Waals surface area contributed by atoms with Gasteiger partial charge in [-0.1, -0.05) is 0 Å². The van der Waals surface area contributed by atoms with Crippen LogP contribution in [0.1, 0.15) is 21.6 Å². The van der Waals surface area contributed by atoms with Crippen molar-refractivity contribution in [2.24, 2.45) is 0 Å². The van der Waals surface area contributed by atoms with Gasteiger partial charge in [0.25, 0.3) is 0 Å². The maximum absolute atomic E-state index is 11.7. The number of pyridine rings is 2. The predicted molar refractivity (Wildman–Crippen MR) is 76.0 cm³/mol. The number of aromatic nitrogens is 2. The van der Waals surface area contributed by atoms with E-state index in [0.717, 1.165) is 11.1 Å². The number of nitrogens with zero attached hydrogens (tertiary/aromatic N) is 2. The second kappa shape index (κ2) is 6.47. The standard InChI is InChI=1S/C14H14N4O3/c1-9-4-5-15-6-10(9)7-17-14(21)18-11-2-3-12(13(19)20)16-8-11/h2-6,8H,7H2,1H3,(H,19,20)(H2,17,18,21). The average Bonchev–Trinajstić information content (AvgIpc) is 2.47. The predicted octanol–water partition coefficient (Wildman–Crippen LogP) is 1.80. The third-order valence-corrected chi connectivity index (χ3v) is 2.83. The number of hydrogen-bond acceptors (Lipinski definition) is 4. The lowest BCUT2D eigenvalue weighted by Crippen LogP contribution is -2.28. The molecule has 2 heterocycles. The van der Waals surface area contributed by atoms with Crippen LogP contribution in [0, 0.1) is 6.92 Å². The van der Waals surface area contributed by atoms with E-state index in [2.05, 4.69) is 20.6 Å². The third-order valence-electron chi connectivity index (χ3n) is 2.83. The minimum absolute atomic E-state index is 0.0769. The van der Waals surface area contributed by atoms with Crippen LogP contribution in [-0.2, 0) is 6.54 Å². The number of nitrogens with one attached hydrogen (secondary N) is 2. The van der Waals surface area contributed by atoms with Gasteiger partial charge in [-0.25, -0.2) is 14.6 Å². The SMILES string of the molecule is Cc1ccncc1CNC(=O)Nc1ccc(C(=O)O)nc1. The Morgan fingerprint density at radius 2 is 2.05 bits per heavy atom. The summed E-state index contributed by atoms with van der Waals surface area (Å²) in [4.78, 5) is 30.1. The van der Waals surface area contributed by atoms with Gasteiger partial charge in [-0.15, -0.1) is 0 Å².